The highest BCUT2D eigenvalue weighted by atomic mass is 16.3. The predicted octanol–water partition coefficient (Wildman–Crippen LogP) is 2.64. The van der Waals surface area contributed by atoms with Crippen LogP contribution in [-0.2, 0) is 16.1 Å². The van der Waals surface area contributed by atoms with Gasteiger partial charge in [-0.05, 0) is 53.9 Å². The first-order valence-corrected chi connectivity index (χ1v) is 11.4. The molecule has 170 valence electrons. The molecule has 3 aliphatic rings. The Morgan fingerprint density at radius 2 is 1.84 bits per heavy atom. The van der Waals surface area contributed by atoms with Gasteiger partial charge in [-0.2, -0.15) is 0 Å². The number of benzene rings is 1. The smallest absolute Gasteiger partial charge is 0.290 e. The van der Waals surface area contributed by atoms with E-state index < -0.39 is 0 Å². The number of piperidine rings is 3. The molecular formula is C25H31N3O4. The number of nitrogens with zero attached hydrogens (tertiary/aromatic N) is 3. The number of aromatic nitrogens is 1. The van der Waals surface area contributed by atoms with Crippen LogP contribution in [-0.4, -0.2) is 69.2 Å². The Morgan fingerprint density at radius 3 is 2.53 bits per heavy atom. The topological polar surface area (TPSA) is 94.0 Å². The van der Waals surface area contributed by atoms with Crippen LogP contribution in [0.3, 0.4) is 0 Å². The van der Waals surface area contributed by atoms with Gasteiger partial charge < -0.3 is 15.1 Å². The van der Waals surface area contributed by atoms with Crippen molar-refractivity contribution in [2.24, 2.45) is 11.8 Å². The molecule has 7 nitrogen and oxygen atoms in total. The molecule has 3 aliphatic heterocycles. The van der Waals surface area contributed by atoms with Crippen molar-refractivity contribution in [2.45, 2.75) is 44.3 Å². The normalized spacial score (nSPS) is 27.2. The highest BCUT2D eigenvalue weighted by molar-refractivity contribution is 5.78. The van der Waals surface area contributed by atoms with Crippen molar-refractivity contribution in [1.29, 1.82) is 0 Å². The van der Waals surface area contributed by atoms with E-state index in [0.717, 1.165) is 44.5 Å². The Labute approximate surface area is 188 Å². The first-order valence-electron chi connectivity index (χ1n) is 11.4. The van der Waals surface area contributed by atoms with Crippen molar-refractivity contribution in [3.63, 3.8) is 0 Å². The summed E-state index contributed by atoms with van der Waals surface area (Å²) >= 11 is 0. The number of fused-ring (bicyclic) bond motifs is 4. The Hall–Kier alpha value is -2.77. The lowest BCUT2D eigenvalue weighted by Gasteiger charge is -2.56. The van der Waals surface area contributed by atoms with E-state index in [4.69, 9.17) is 9.90 Å². The summed E-state index contributed by atoms with van der Waals surface area (Å²) in [6.45, 7) is 2.78. The van der Waals surface area contributed by atoms with Crippen molar-refractivity contribution >= 4 is 12.4 Å². The average Bonchev–Trinajstić information content (AvgIpc) is 2.82. The number of amides is 1. The largest absolute Gasteiger partial charge is 0.483 e. The van der Waals surface area contributed by atoms with Crippen molar-refractivity contribution in [3.8, 4) is 11.1 Å². The molecule has 0 radical (unpaired) electrons. The number of aliphatic hydroxyl groups excluding tert-OH is 1. The van der Waals surface area contributed by atoms with Crippen LogP contribution in [0.15, 0.2) is 48.8 Å². The molecule has 2 N–H and O–H groups in total. The summed E-state index contributed by atoms with van der Waals surface area (Å²) in [4.78, 5) is 29.7. The molecule has 0 aliphatic carbocycles. The first-order chi connectivity index (χ1) is 15.6. The third-order valence-corrected chi connectivity index (χ3v) is 7.11. The number of pyridine rings is 1. The second kappa shape index (κ2) is 10.2. The number of likely N-dealkylation sites (tertiary alicyclic amines) is 1. The molecule has 1 aromatic heterocycles. The second-order valence-corrected chi connectivity index (χ2v) is 9.00. The molecule has 4 heterocycles. The fraction of sp³-hybridized carbons (Fsp3) is 0.480. The highest BCUT2D eigenvalue weighted by Gasteiger charge is 2.48. The van der Waals surface area contributed by atoms with Gasteiger partial charge >= 0.3 is 0 Å². The van der Waals surface area contributed by atoms with E-state index in [2.05, 4.69) is 45.1 Å². The van der Waals surface area contributed by atoms with Crippen LogP contribution in [0.4, 0.5) is 0 Å². The molecule has 1 amide bonds. The molecule has 3 fully saturated rings. The number of carbonyl (C=O) groups excluding carboxylic acids is 1. The molecule has 3 saturated heterocycles. The second-order valence-electron chi connectivity index (χ2n) is 9.00. The van der Waals surface area contributed by atoms with E-state index in [1.807, 2.05) is 12.3 Å². The van der Waals surface area contributed by atoms with Gasteiger partial charge in [-0.25, -0.2) is 0 Å². The molecule has 1 aromatic carbocycles. The molecule has 0 spiro atoms. The van der Waals surface area contributed by atoms with Crippen LogP contribution in [0.1, 0.15) is 31.2 Å². The fourth-order valence-corrected chi connectivity index (χ4v) is 5.83. The van der Waals surface area contributed by atoms with Crippen LogP contribution in [0.25, 0.3) is 11.1 Å². The van der Waals surface area contributed by atoms with Gasteiger partial charge in [-0.3, -0.25) is 19.5 Å². The fourth-order valence-electron chi connectivity index (χ4n) is 5.83. The number of rotatable bonds is 4. The highest BCUT2D eigenvalue weighted by Crippen LogP contribution is 2.41. The summed E-state index contributed by atoms with van der Waals surface area (Å²) in [5, 5.41) is 16.9. The lowest BCUT2D eigenvalue weighted by molar-refractivity contribution is -0.155. The van der Waals surface area contributed by atoms with Gasteiger partial charge in [-0.1, -0.05) is 30.3 Å². The summed E-state index contributed by atoms with van der Waals surface area (Å²) in [6, 6.07) is 13.1. The zero-order valence-corrected chi connectivity index (χ0v) is 18.2. The van der Waals surface area contributed by atoms with Crippen LogP contribution in [0, 0.1) is 11.8 Å². The average molecular weight is 438 g/mol. The number of hydrogen-bond donors (Lipinski definition) is 2. The van der Waals surface area contributed by atoms with Crippen LogP contribution < -0.4 is 0 Å². The molecule has 5 rings (SSSR count). The lowest BCUT2D eigenvalue weighted by Crippen LogP contribution is -2.65. The van der Waals surface area contributed by atoms with Crippen LogP contribution in [0.5, 0.6) is 0 Å². The third-order valence-electron chi connectivity index (χ3n) is 7.11. The minimum absolute atomic E-state index is 0.000179. The third kappa shape index (κ3) is 4.69. The van der Waals surface area contributed by atoms with Crippen LogP contribution >= 0.6 is 0 Å². The maximum atomic E-state index is 12.5. The maximum absolute atomic E-state index is 12.5. The summed E-state index contributed by atoms with van der Waals surface area (Å²) in [7, 11) is 0. The van der Waals surface area contributed by atoms with Crippen molar-refractivity contribution < 1.29 is 19.8 Å². The SMILES string of the molecule is O=C1CCC[C@H]2[C@@H]3C[C@@H](CN(Cc4ccc(-c5cccnc5)cc4)C3)[C@H](CO)N12.O=CO. The quantitative estimate of drug-likeness (QED) is 0.715. The molecule has 0 saturated carbocycles. The zero-order chi connectivity index (χ0) is 22.5. The predicted molar refractivity (Wildman–Crippen MR) is 121 cm³/mol. The standard InChI is InChI=1S/C24H29N3O2.CH2O2/c28-16-23-21-11-20(22-4-1-5-24(29)27(22)23)14-26(15-21)13-17-6-8-18(9-7-17)19-3-2-10-25-12-19;2-1-3/h2-3,6-10,12,20-23,28H,1,4-5,11,13-16H2;1H,(H,2,3)/t20-,21+,22+,23+;/m1./s1. The van der Waals surface area contributed by atoms with E-state index in [0.29, 0.717) is 24.3 Å². The van der Waals surface area contributed by atoms with E-state index in [1.54, 1.807) is 6.20 Å². The van der Waals surface area contributed by atoms with E-state index in [-0.39, 0.29) is 25.0 Å². The van der Waals surface area contributed by atoms with E-state index in [9.17, 15) is 9.90 Å². The number of carbonyl (C=O) groups is 2. The summed E-state index contributed by atoms with van der Waals surface area (Å²) in [5.41, 5.74) is 3.64. The number of carboxylic acid groups (broad SMARTS) is 1. The summed E-state index contributed by atoms with van der Waals surface area (Å²) in [5.74, 6) is 1.18. The van der Waals surface area contributed by atoms with E-state index in [1.165, 1.54) is 11.1 Å². The maximum Gasteiger partial charge on any atom is 0.290 e. The van der Waals surface area contributed by atoms with Gasteiger partial charge in [0.25, 0.3) is 6.47 Å². The monoisotopic (exact) mass is 437 g/mol. The summed E-state index contributed by atoms with van der Waals surface area (Å²) in [6.07, 6.45) is 7.58. The lowest BCUT2D eigenvalue weighted by atomic mass is 9.72. The van der Waals surface area contributed by atoms with Gasteiger partial charge in [-0.15, -0.1) is 0 Å². The van der Waals surface area contributed by atoms with Crippen molar-refractivity contribution in [3.05, 3.63) is 54.4 Å². The Balaban J connectivity index is 0.000000775. The first kappa shape index (κ1) is 22.4. The molecular weight excluding hydrogens is 406 g/mol. The van der Waals surface area contributed by atoms with Gasteiger partial charge in [0.1, 0.15) is 0 Å². The Bertz CT molecular complexity index is 891. The Morgan fingerprint density at radius 1 is 1.09 bits per heavy atom. The van der Waals surface area contributed by atoms with Gasteiger partial charge in [0.05, 0.1) is 12.6 Å². The number of aliphatic hydroxyl groups is 1. The molecule has 32 heavy (non-hydrogen) atoms. The van der Waals surface area contributed by atoms with Crippen molar-refractivity contribution in [1.82, 2.24) is 14.8 Å². The van der Waals surface area contributed by atoms with E-state index >= 15 is 0 Å². The molecule has 4 atom stereocenters. The van der Waals surface area contributed by atoms with Gasteiger partial charge in [0, 0.05) is 44.5 Å². The minimum Gasteiger partial charge on any atom is -0.483 e. The molecule has 2 aromatic rings. The zero-order valence-electron chi connectivity index (χ0n) is 18.2. The summed E-state index contributed by atoms with van der Waals surface area (Å²) < 4.78 is 0. The molecule has 2 bridgehead atoms. The van der Waals surface area contributed by atoms with Crippen molar-refractivity contribution in [2.75, 3.05) is 19.7 Å². The Kier molecular flexibility index (Phi) is 7.17. The minimum atomic E-state index is -0.250. The van der Waals surface area contributed by atoms with Crippen LogP contribution in [0.2, 0.25) is 0 Å². The molecule has 7 heteroatoms. The number of hydrogen-bond acceptors (Lipinski definition) is 5. The van der Waals surface area contributed by atoms with Gasteiger partial charge in [0.2, 0.25) is 5.91 Å². The molecule has 0 unspecified atom stereocenters. The van der Waals surface area contributed by atoms with Gasteiger partial charge in [0.15, 0.2) is 0 Å².